The van der Waals surface area contributed by atoms with Crippen LogP contribution in [0.15, 0.2) is 84.0 Å². The van der Waals surface area contributed by atoms with Gasteiger partial charge in [0.05, 0.1) is 5.57 Å². The maximum Gasteiger partial charge on any atom is 0.133 e. The average molecular weight is 438 g/mol. The first-order valence-corrected chi connectivity index (χ1v) is 11.4. The van der Waals surface area contributed by atoms with Gasteiger partial charge in [-0.1, -0.05) is 48.6 Å². The van der Waals surface area contributed by atoms with Crippen LogP contribution in [-0.4, -0.2) is 32.2 Å². The molecule has 2 atom stereocenters. The Bertz CT molecular complexity index is 1330. The molecule has 1 heterocycles. The molecule has 2 aliphatic rings. The molecule has 2 unspecified atom stereocenters. The lowest BCUT2D eigenvalue weighted by Gasteiger charge is -2.35. The summed E-state index contributed by atoms with van der Waals surface area (Å²) < 4.78 is 12.3. The molecule has 0 spiro atoms. The Kier molecular flexibility index (Phi) is 5.63. The lowest BCUT2D eigenvalue weighted by Crippen LogP contribution is -2.26. The van der Waals surface area contributed by atoms with E-state index in [1.165, 1.54) is 0 Å². The number of hydrogen-bond acceptors (Lipinski definition) is 4. The zero-order chi connectivity index (χ0) is 22.9. The normalized spacial score (nSPS) is 18.8. The molecule has 5 rings (SSSR count). The number of fused-ring (bicyclic) bond motifs is 4. The van der Waals surface area contributed by atoms with Crippen LogP contribution in [0.5, 0.6) is 11.5 Å². The van der Waals surface area contributed by atoms with Crippen molar-refractivity contribution in [3.63, 3.8) is 0 Å². The van der Waals surface area contributed by atoms with Crippen molar-refractivity contribution in [1.29, 1.82) is 0 Å². The van der Waals surface area contributed by atoms with Gasteiger partial charge in [-0.2, -0.15) is 0 Å². The van der Waals surface area contributed by atoms with Gasteiger partial charge in [0.2, 0.25) is 0 Å². The Morgan fingerprint density at radius 3 is 2.61 bits per heavy atom. The Labute approximate surface area is 194 Å². The van der Waals surface area contributed by atoms with Crippen LogP contribution in [0.2, 0.25) is 0 Å². The number of nitrogens with zero attached hydrogens (tertiary/aromatic N) is 1. The minimum atomic E-state index is -0.460. The van der Waals surface area contributed by atoms with E-state index in [0.29, 0.717) is 5.57 Å². The molecule has 0 N–H and O–H groups in total. The molecule has 0 saturated carbocycles. The molecule has 0 radical (unpaired) electrons. The molecule has 1 aliphatic heterocycles. The number of methoxy groups -OCH3 is 1. The van der Waals surface area contributed by atoms with E-state index in [0.717, 1.165) is 57.7 Å². The van der Waals surface area contributed by atoms with E-state index in [4.69, 9.17) is 9.47 Å². The zero-order valence-electron chi connectivity index (χ0n) is 19.2. The van der Waals surface area contributed by atoms with Crippen LogP contribution in [0.1, 0.15) is 30.9 Å². The fourth-order valence-corrected chi connectivity index (χ4v) is 5.13. The molecule has 166 valence electrons. The van der Waals surface area contributed by atoms with Crippen LogP contribution in [0.4, 0.5) is 5.69 Å². The van der Waals surface area contributed by atoms with Crippen LogP contribution in [0, 0.1) is 0 Å². The summed E-state index contributed by atoms with van der Waals surface area (Å²) >= 11 is 0. The summed E-state index contributed by atoms with van der Waals surface area (Å²) in [4.78, 5) is 14.0. The van der Waals surface area contributed by atoms with E-state index in [-0.39, 0.29) is 5.92 Å². The first-order valence-electron chi connectivity index (χ1n) is 11.4. The van der Waals surface area contributed by atoms with Gasteiger partial charge in [0.25, 0.3) is 0 Å². The van der Waals surface area contributed by atoms with Crippen molar-refractivity contribution in [3.8, 4) is 11.5 Å². The van der Waals surface area contributed by atoms with Crippen molar-refractivity contribution in [2.45, 2.75) is 25.9 Å². The molecule has 33 heavy (non-hydrogen) atoms. The minimum Gasteiger partial charge on any atom is -0.457 e. The molecule has 1 aliphatic carbocycles. The highest BCUT2D eigenvalue weighted by Gasteiger charge is 2.36. The molecule has 0 amide bonds. The lowest BCUT2D eigenvalue weighted by atomic mass is 9.76. The number of hydrogen-bond donors (Lipinski definition) is 0. The Hall–Kier alpha value is -3.59. The second-order valence-corrected chi connectivity index (χ2v) is 8.33. The van der Waals surface area contributed by atoms with Gasteiger partial charge in [-0.25, -0.2) is 4.79 Å². The highest BCUT2D eigenvalue weighted by molar-refractivity contribution is 5.90. The maximum atomic E-state index is 11.7. The SMILES string of the molecule is CCN(CC)c1ccc2c(c1)Oc1ccc3ccccc3c1C2C1=CC=CC(=C=O)C1OC. The zero-order valence-corrected chi connectivity index (χ0v) is 19.2. The highest BCUT2D eigenvalue weighted by atomic mass is 16.5. The Morgan fingerprint density at radius 2 is 1.85 bits per heavy atom. The van der Waals surface area contributed by atoms with E-state index < -0.39 is 6.10 Å². The smallest absolute Gasteiger partial charge is 0.133 e. The lowest BCUT2D eigenvalue weighted by molar-refractivity contribution is 0.158. The Balaban J connectivity index is 1.77. The fourth-order valence-electron chi connectivity index (χ4n) is 5.13. The Morgan fingerprint density at radius 1 is 1.03 bits per heavy atom. The predicted molar refractivity (Wildman–Crippen MR) is 133 cm³/mol. The molecule has 0 saturated heterocycles. The van der Waals surface area contributed by atoms with Crippen molar-refractivity contribution in [2.75, 3.05) is 25.1 Å². The topological polar surface area (TPSA) is 38.8 Å². The van der Waals surface area contributed by atoms with E-state index in [1.807, 2.05) is 12.1 Å². The van der Waals surface area contributed by atoms with Gasteiger partial charge in [0.15, 0.2) is 0 Å². The summed E-state index contributed by atoms with van der Waals surface area (Å²) in [6.07, 6.45) is 5.30. The summed E-state index contributed by atoms with van der Waals surface area (Å²) in [6.45, 7) is 6.16. The van der Waals surface area contributed by atoms with Gasteiger partial charge >= 0.3 is 0 Å². The minimum absolute atomic E-state index is 0.112. The van der Waals surface area contributed by atoms with Crippen molar-refractivity contribution < 1.29 is 14.3 Å². The standard InChI is InChI=1S/C29H27NO3/c1-4-30(5-2)21-14-15-23-26(17-21)33-25-16-13-19-9-6-7-11-22(19)28(25)27(23)24-12-8-10-20(18-31)29(24)32-3/h6-17,27,29H,4-5H2,1-3H3. The van der Waals surface area contributed by atoms with Crippen molar-refractivity contribution in [1.82, 2.24) is 0 Å². The molecule has 3 aromatic carbocycles. The van der Waals surface area contributed by atoms with Gasteiger partial charge in [-0.3, -0.25) is 0 Å². The van der Waals surface area contributed by atoms with Crippen LogP contribution >= 0.6 is 0 Å². The second-order valence-electron chi connectivity index (χ2n) is 8.33. The molecule has 4 heteroatoms. The number of anilines is 1. The van der Waals surface area contributed by atoms with Crippen molar-refractivity contribution >= 4 is 22.4 Å². The van der Waals surface area contributed by atoms with Gasteiger partial charge in [-0.05, 0) is 48.4 Å². The predicted octanol–water partition coefficient (Wildman–Crippen LogP) is 6.19. The van der Waals surface area contributed by atoms with E-state index in [1.54, 1.807) is 13.2 Å². The molecule has 0 fully saturated rings. The first kappa shape index (κ1) is 21.3. The maximum absolute atomic E-state index is 11.7. The number of carbonyl (C=O) groups excluding carboxylic acids is 1. The van der Waals surface area contributed by atoms with Gasteiger partial charge in [0.1, 0.15) is 23.5 Å². The summed E-state index contributed by atoms with van der Waals surface area (Å²) in [7, 11) is 1.64. The van der Waals surface area contributed by atoms with E-state index in [9.17, 15) is 4.79 Å². The van der Waals surface area contributed by atoms with Crippen LogP contribution < -0.4 is 9.64 Å². The molecule has 3 aromatic rings. The third-order valence-corrected chi connectivity index (χ3v) is 6.71. The van der Waals surface area contributed by atoms with Gasteiger partial charge < -0.3 is 14.4 Å². The molecule has 4 nitrogen and oxygen atoms in total. The largest absolute Gasteiger partial charge is 0.457 e. The first-order chi connectivity index (χ1) is 16.2. The van der Waals surface area contributed by atoms with E-state index in [2.05, 4.69) is 79.3 Å². The summed E-state index contributed by atoms with van der Waals surface area (Å²) in [6, 6.07) is 19.0. The molecule has 0 bridgehead atoms. The number of ether oxygens (including phenoxy) is 2. The van der Waals surface area contributed by atoms with Crippen LogP contribution in [0.25, 0.3) is 10.8 Å². The number of rotatable bonds is 5. The fraction of sp³-hybridized carbons (Fsp3) is 0.241. The van der Waals surface area contributed by atoms with Gasteiger partial charge in [-0.15, -0.1) is 0 Å². The van der Waals surface area contributed by atoms with Crippen LogP contribution in [-0.2, 0) is 9.53 Å². The molecule has 0 aromatic heterocycles. The summed E-state index contributed by atoms with van der Waals surface area (Å²) in [5.74, 6) is 3.64. The van der Waals surface area contributed by atoms with Crippen molar-refractivity contribution in [3.05, 3.63) is 95.1 Å². The highest BCUT2D eigenvalue weighted by Crippen LogP contribution is 2.52. The molecular formula is C29H27NO3. The van der Waals surface area contributed by atoms with E-state index >= 15 is 0 Å². The quantitative estimate of drug-likeness (QED) is 0.446. The number of allylic oxidation sites excluding steroid dienone is 2. The second kappa shape index (κ2) is 8.74. The molecular weight excluding hydrogens is 410 g/mol. The summed E-state index contributed by atoms with van der Waals surface area (Å²) in [5.41, 5.74) is 4.82. The third-order valence-electron chi connectivity index (χ3n) is 6.71. The summed E-state index contributed by atoms with van der Waals surface area (Å²) in [5, 5.41) is 2.29. The number of benzene rings is 3. The third kappa shape index (κ3) is 3.48. The van der Waals surface area contributed by atoms with Crippen molar-refractivity contribution in [2.24, 2.45) is 0 Å². The van der Waals surface area contributed by atoms with Crippen LogP contribution in [0.3, 0.4) is 0 Å². The average Bonchev–Trinajstić information content (AvgIpc) is 2.87. The van der Waals surface area contributed by atoms with Gasteiger partial charge in [0, 0.05) is 49.0 Å². The monoisotopic (exact) mass is 437 g/mol.